The Balaban J connectivity index is 1.83. The second kappa shape index (κ2) is 6.89. The lowest BCUT2D eigenvalue weighted by atomic mass is 9.93. The minimum atomic E-state index is -0.545. The second-order valence-electron chi connectivity index (χ2n) is 6.49. The zero-order chi connectivity index (χ0) is 17.9. The van der Waals surface area contributed by atoms with Crippen molar-refractivity contribution < 1.29 is 4.79 Å². The van der Waals surface area contributed by atoms with E-state index < -0.39 is 5.54 Å². The molecule has 0 saturated heterocycles. The monoisotopic (exact) mass is 335 g/mol. The number of anilines is 1. The molecule has 0 spiro atoms. The van der Waals surface area contributed by atoms with Gasteiger partial charge in [0.15, 0.2) is 0 Å². The molecule has 1 aliphatic carbocycles. The van der Waals surface area contributed by atoms with Gasteiger partial charge in [-0.1, -0.05) is 25.0 Å². The number of benzene rings is 1. The summed E-state index contributed by atoms with van der Waals surface area (Å²) in [7, 11) is 0. The molecular formula is C19H21N5O. The van der Waals surface area contributed by atoms with Crippen molar-refractivity contribution in [1.82, 2.24) is 15.3 Å². The van der Waals surface area contributed by atoms with Crippen LogP contribution in [0.4, 0.5) is 10.5 Å². The molecule has 0 bridgehead atoms. The fourth-order valence-electron chi connectivity index (χ4n) is 3.36. The van der Waals surface area contributed by atoms with Crippen molar-refractivity contribution in [3.05, 3.63) is 53.1 Å². The minimum absolute atomic E-state index is 0.125. The quantitative estimate of drug-likeness (QED) is 0.897. The van der Waals surface area contributed by atoms with Gasteiger partial charge >= 0.3 is 6.03 Å². The van der Waals surface area contributed by atoms with Gasteiger partial charge in [-0.2, -0.15) is 5.26 Å². The highest BCUT2D eigenvalue weighted by molar-refractivity contribution is 5.90. The van der Waals surface area contributed by atoms with E-state index in [-0.39, 0.29) is 11.9 Å². The second-order valence-corrected chi connectivity index (χ2v) is 6.49. The highest BCUT2D eigenvalue weighted by Crippen LogP contribution is 2.37. The van der Waals surface area contributed by atoms with E-state index >= 15 is 0 Å². The lowest BCUT2D eigenvalue weighted by Crippen LogP contribution is -2.46. The average Bonchev–Trinajstić information content (AvgIpc) is 3.08. The molecule has 0 atom stereocenters. The summed E-state index contributed by atoms with van der Waals surface area (Å²) in [6.07, 6.45) is 5.20. The number of carbonyl (C=O) groups is 1. The molecule has 1 aromatic carbocycles. The maximum atomic E-state index is 12.6. The Labute approximate surface area is 147 Å². The molecule has 2 amide bonds. The van der Waals surface area contributed by atoms with E-state index in [2.05, 4.69) is 20.6 Å². The van der Waals surface area contributed by atoms with E-state index in [9.17, 15) is 4.79 Å². The van der Waals surface area contributed by atoms with E-state index in [0.717, 1.165) is 42.5 Å². The molecule has 1 aromatic heterocycles. The summed E-state index contributed by atoms with van der Waals surface area (Å²) in [6.45, 7) is 4.00. The van der Waals surface area contributed by atoms with Crippen LogP contribution in [0.3, 0.4) is 0 Å². The minimum Gasteiger partial charge on any atom is -0.327 e. The predicted molar refractivity (Wildman–Crippen MR) is 95.0 cm³/mol. The van der Waals surface area contributed by atoms with Crippen LogP contribution in [0, 0.1) is 25.2 Å². The topological polar surface area (TPSA) is 90.7 Å². The number of nitrogens with zero attached hydrogens (tertiary/aromatic N) is 3. The molecule has 0 radical (unpaired) electrons. The highest BCUT2D eigenvalue weighted by Gasteiger charge is 2.38. The zero-order valence-electron chi connectivity index (χ0n) is 14.5. The van der Waals surface area contributed by atoms with Crippen LogP contribution in [0.5, 0.6) is 0 Å². The summed E-state index contributed by atoms with van der Waals surface area (Å²) >= 11 is 0. The van der Waals surface area contributed by atoms with Gasteiger partial charge < -0.3 is 10.6 Å². The number of hydrogen-bond donors (Lipinski definition) is 2. The fraction of sp³-hybridized carbons (Fsp3) is 0.368. The van der Waals surface area contributed by atoms with Crippen molar-refractivity contribution in [1.29, 1.82) is 5.26 Å². The Bertz CT molecular complexity index is 834. The molecule has 6 nitrogen and oxygen atoms in total. The number of nitriles is 1. The Kier molecular flexibility index (Phi) is 4.66. The van der Waals surface area contributed by atoms with Gasteiger partial charge in [0.1, 0.15) is 6.07 Å². The molecule has 1 aliphatic rings. The molecule has 1 fully saturated rings. The van der Waals surface area contributed by atoms with Gasteiger partial charge in [0.05, 0.1) is 11.2 Å². The van der Waals surface area contributed by atoms with Crippen LogP contribution in [0.1, 0.15) is 48.3 Å². The molecule has 2 aromatic rings. The third-order valence-electron chi connectivity index (χ3n) is 4.91. The third kappa shape index (κ3) is 3.45. The Hall–Kier alpha value is -2.94. The van der Waals surface area contributed by atoms with E-state index in [4.69, 9.17) is 5.26 Å². The normalized spacial score (nSPS) is 15.4. The number of hydrogen-bond acceptors (Lipinski definition) is 4. The van der Waals surface area contributed by atoms with Crippen molar-refractivity contribution in [3.63, 3.8) is 0 Å². The first-order valence-corrected chi connectivity index (χ1v) is 8.43. The molecule has 0 aliphatic heterocycles. The van der Waals surface area contributed by atoms with Gasteiger partial charge in [-0.3, -0.25) is 0 Å². The molecule has 128 valence electrons. The predicted octanol–water partition coefficient (Wildman–Crippen LogP) is 3.56. The summed E-state index contributed by atoms with van der Waals surface area (Å²) in [5, 5.41) is 15.1. The van der Waals surface area contributed by atoms with Crippen molar-refractivity contribution in [2.75, 3.05) is 5.32 Å². The molecule has 3 rings (SSSR count). The number of nitrogens with one attached hydrogen (secondary N) is 2. The van der Waals surface area contributed by atoms with Crippen molar-refractivity contribution >= 4 is 11.7 Å². The van der Waals surface area contributed by atoms with Crippen LogP contribution < -0.4 is 10.6 Å². The zero-order valence-corrected chi connectivity index (χ0v) is 14.5. The molecule has 1 heterocycles. The lowest BCUT2D eigenvalue weighted by molar-refractivity contribution is 0.235. The average molecular weight is 335 g/mol. The summed E-state index contributed by atoms with van der Waals surface area (Å²) in [6, 6.07) is 9.32. The molecule has 25 heavy (non-hydrogen) atoms. The van der Waals surface area contributed by atoms with Gasteiger partial charge in [0.25, 0.3) is 0 Å². The summed E-state index contributed by atoms with van der Waals surface area (Å²) in [4.78, 5) is 20.9. The van der Waals surface area contributed by atoms with Crippen LogP contribution >= 0.6 is 0 Å². The fourth-order valence-corrected chi connectivity index (χ4v) is 3.36. The maximum Gasteiger partial charge on any atom is 0.319 e. The van der Waals surface area contributed by atoms with E-state index in [1.807, 2.05) is 38.1 Å². The summed E-state index contributed by atoms with van der Waals surface area (Å²) in [5.74, 6) is 0.125. The van der Waals surface area contributed by atoms with Crippen molar-refractivity contribution in [2.45, 2.75) is 45.1 Å². The maximum absolute atomic E-state index is 12.6. The molecular weight excluding hydrogens is 314 g/mol. The van der Waals surface area contributed by atoms with Crippen LogP contribution in [-0.2, 0) is 5.54 Å². The van der Waals surface area contributed by atoms with Crippen LogP contribution in [0.25, 0.3) is 0 Å². The van der Waals surface area contributed by atoms with Crippen molar-refractivity contribution in [3.8, 4) is 6.07 Å². The SMILES string of the molecule is Cc1cccc(NC(=O)NC2(c3ccnc(C#N)n3)CCCC2)c1C. The van der Waals surface area contributed by atoms with E-state index in [1.54, 1.807) is 12.3 Å². The largest absolute Gasteiger partial charge is 0.327 e. The Morgan fingerprint density at radius 2 is 2.00 bits per heavy atom. The lowest BCUT2D eigenvalue weighted by Gasteiger charge is -2.30. The Morgan fingerprint density at radius 3 is 2.72 bits per heavy atom. The third-order valence-corrected chi connectivity index (χ3v) is 4.91. The van der Waals surface area contributed by atoms with Crippen LogP contribution in [-0.4, -0.2) is 16.0 Å². The summed E-state index contributed by atoms with van der Waals surface area (Å²) < 4.78 is 0. The van der Waals surface area contributed by atoms with Crippen LogP contribution in [0.15, 0.2) is 30.5 Å². The smallest absolute Gasteiger partial charge is 0.319 e. The first-order chi connectivity index (χ1) is 12.0. The first-order valence-electron chi connectivity index (χ1n) is 8.43. The van der Waals surface area contributed by atoms with E-state index in [0.29, 0.717) is 5.69 Å². The number of amides is 2. The number of carbonyl (C=O) groups excluding carboxylic acids is 1. The van der Waals surface area contributed by atoms with E-state index in [1.165, 1.54) is 0 Å². The van der Waals surface area contributed by atoms with Gasteiger partial charge in [-0.15, -0.1) is 0 Å². The van der Waals surface area contributed by atoms with Gasteiger partial charge in [-0.05, 0) is 49.9 Å². The van der Waals surface area contributed by atoms with Gasteiger partial charge in [0.2, 0.25) is 5.82 Å². The number of rotatable bonds is 3. The van der Waals surface area contributed by atoms with Gasteiger partial charge in [-0.25, -0.2) is 14.8 Å². The number of urea groups is 1. The molecule has 0 unspecified atom stereocenters. The Morgan fingerprint density at radius 1 is 1.24 bits per heavy atom. The standard InChI is InChI=1S/C19H21N5O/c1-13-6-5-7-15(14(13)2)22-18(25)24-19(9-3-4-10-19)16-8-11-21-17(12-20)23-16/h5-8,11H,3-4,9-10H2,1-2H3,(H2,22,24,25). The molecule has 6 heteroatoms. The molecule has 2 N–H and O–H groups in total. The highest BCUT2D eigenvalue weighted by atomic mass is 16.2. The number of aromatic nitrogens is 2. The summed E-state index contributed by atoms with van der Waals surface area (Å²) in [5.41, 5.74) is 3.13. The van der Waals surface area contributed by atoms with Gasteiger partial charge in [0, 0.05) is 11.9 Å². The first kappa shape index (κ1) is 16.9. The molecule has 1 saturated carbocycles. The van der Waals surface area contributed by atoms with Crippen LogP contribution in [0.2, 0.25) is 0 Å². The number of aryl methyl sites for hydroxylation is 1. The van der Waals surface area contributed by atoms with Crippen molar-refractivity contribution in [2.24, 2.45) is 0 Å².